The second kappa shape index (κ2) is 7.40. The zero-order valence-electron chi connectivity index (χ0n) is 14.0. The van der Waals surface area contributed by atoms with Gasteiger partial charge in [-0.2, -0.15) is 10.1 Å². The zero-order valence-corrected chi connectivity index (χ0v) is 14.0. The SMILES string of the molecule is CCC1CCCCN1c1cnnc(N(CC)c2ccccc2)n1. The molecule has 0 N–H and O–H groups in total. The lowest BCUT2D eigenvalue weighted by atomic mass is 10.0. The predicted octanol–water partition coefficient (Wildman–Crippen LogP) is 3.80. The fourth-order valence-corrected chi connectivity index (χ4v) is 3.31. The van der Waals surface area contributed by atoms with Gasteiger partial charge in [0, 0.05) is 24.8 Å². The molecule has 0 saturated carbocycles. The van der Waals surface area contributed by atoms with Crippen LogP contribution in [0.1, 0.15) is 39.5 Å². The molecule has 122 valence electrons. The van der Waals surface area contributed by atoms with E-state index >= 15 is 0 Å². The number of anilines is 3. The van der Waals surface area contributed by atoms with Gasteiger partial charge in [0.15, 0.2) is 5.82 Å². The van der Waals surface area contributed by atoms with Crippen LogP contribution in [0.15, 0.2) is 36.5 Å². The third-order valence-electron chi connectivity index (χ3n) is 4.55. The van der Waals surface area contributed by atoms with E-state index in [-0.39, 0.29) is 0 Å². The number of para-hydroxylation sites is 1. The topological polar surface area (TPSA) is 45.2 Å². The van der Waals surface area contributed by atoms with Crippen LogP contribution >= 0.6 is 0 Å². The molecule has 2 aromatic rings. The molecule has 0 bridgehead atoms. The van der Waals surface area contributed by atoms with Gasteiger partial charge >= 0.3 is 0 Å². The highest BCUT2D eigenvalue weighted by atomic mass is 15.4. The molecule has 0 radical (unpaired) electrons. The predicted molar refractivity (Wildman–Crippen MR) is 94.2 cm³/mol. The number of piperidine rings is 1. The minimum atomic E-state index is 0.570. The van der Waals surface area contributed by atoms with Crippen LogP contribution in [0.4, 0.5) is 17.5 Å². The number of benzene rings is 1. The Labute approximate surface area is 138 Å². The lowest BCUT2D eigenvalue weighted by Gasteiger charge is -2.36. The van der Waals surface area contributed by atoms with Crippen molar-refractivity contribution in [3.05, 3.63) is 36.5 Å². The normalized spacial score (nSPS) is 18.0. The first-order valence-corrected chi connectivity index (χ1v) is 8.62. The molecular formula is C18H25N5. The van der Waals surface area contributed by atoms with Gasteiger partial charge in [-0.25, -0.2) is 0 Å². The summed E-state index contributed by atoms with van der Waals surface area (Å²) in [6.45, 7) is 6.24. The van der Waals surface area contributed by atoms with Crippen molar-refractivity contribution in [1.29, 1.82) is 0 Å². The van der Waals surface area contributed by atoms with Gasteiger partial charge in [-0.05, 0) is 44.7 Å². The number of rotatable bonds is 5. The maximum absolute atomic E-state index is 4.82. The monoisotopic (exact) mass is 311 g/mol. The Balaban J connectivity index is 1.89. The molecule has 1 aliphatic heterocycles. The highest BCUT2D eigenvalue weighted by molar-refractivity contribution is 5.57. The van der Waals surface area contributed by atoms with E-state index in [9.17, 15) is 0 Å². The van der Waals surface area contributed by atoms with Crippen molar-refractivity contribution in [1.82, 2.24) is 15.2 Å². The summed E-state index contributed by atoms with van der Waals surface area (Å²) in [7, 11) is 0. The second-order valence-electron chi connectivity index (χ2n) is 5.95. The quantitative estimate of drug-likeness (QED) is 0.840. The van der Waals surface area contributed by atoms with E-state index in [1.54, 1.807) is 6.20 Å². The van der Waals surface area contributed by atoms with Crippen molar-refractivity contribution in [3.8, 4) is 0 Å². The van der Waals surface area contributed by atoms with Crippen LogP contribution in [0.25, 0.3) is 0 Å². The highest BCUT2D eigenvalue weighted by Gasteiger charge is 2.23. The molecule has 3 rings (SSSR count). The first-order chi connectivity index (χ1) is 11.3. The van der Waals surface area contributed by atoms with Gasteiger partial charge in [-0.1, -0.05) is 25.1 Å². The van der Waals surface area contributed by atoms with E-state index in [0.717, 1.165) is 31.0 Å². The number of hydrogen-bond acceptors (Lipinski definition) is 5. The minimum absolute atomic E-state index is 0.570. The molecule has 5 heteroatoms. The molecule has 5 nitrogen and oxygen atoms in total. The van der Waals surface area contributed by atoms with Crippen LogP contribution in [0.2, 0.25) is 0 Å². The van der Waals surface area contributed by atoms with Crippen molar-refractivity contribution in [3.63, 3.8) is 0 Å². The van der Waals surface area contributed by atoms with Crippen LogP contribution in [0, 0.1) is 0 Å². The molecule has 1 atom stereocenters. The summed E-state index contributed by atoms with van der Waals surface area (Å²) in [5, 5.41) is 8.50. The number of hydrogen-bond donors (Lipinski definition) is 0. The van der Waals surface area contributed by atoms with Crippen molar-refractivity contribution < 1.29 is 0 Å². The smallest absolute Gasteiger partial charge is 0.251 e. The van der Waals surface area contributed by atoms with E-state index in [0.29, 0.717) is 12.0 Å². The van der Waals surface area contributed by atoms with Gasteiger partial charge in [0.1, 0.15) is 0 Å². The Hall–Kier alpha value is -2.17. The fourth-order valence-electron chi connectivity index (χ4n) is 3.31. The summed E-state index contributed by atoms with van der Waals surface area (Å²) in [6, 6.07) is 10.8. The lowest BCUT2D eigenvalue weighted by Crippen LogP contribution is -2.40. The van der Waals surface area contributed by atoms with Gasteiger partial charge < -0.3 is 9.80 Å². The van der Waals surface area contributed by atoms with E-state index in [2.05, 4.69) is 46.0 Å². The summed E-state index contributed by atoms with van der Waals surface area (Å²) in [4.78, 5) is 9.32. The van der Waals surface area contributed by atoms with Crippen LogP contribution in [-0.4, -0.2) is 34.3 Å². The number of nitrogens with zero attached hydrogens (tertiary/aromatic N) is 5. The van der Waals surface area contributed by atoms with E-state index in [1.807, 2.05) is 18.2 Å². The maximum atomic E-state index is 4.82. The van der Waals surface area contributed by atoms with E-state index < -0.39 is 0 Å². The zero-order chi connectivity index (χ0) is 16.1. The Morgan fingerprint density at radius 1 is 1.17 bits per heavy atom. The minimum Gasteiger partial charge on any atom is -0.352 e. The third-order valence-corrected chi connectivity index (χ3v) is 4.55. The molecule has 0 aliphatic carbocycles. The Bertz CT molecular complexity index is 616. The van der Waals surface area contributed by atoms with Crippen LogP contribution < -0.4 is 9.80 Å². The van der Waals surface area contributed by atoms with Gasteiger partial charge in [-0.3, -0.25) is 0 Å². The average molecular weight is 311 g/mol. The molecule has 1 saturated heterocycles. The van der Waals surface area contributed by atoms with E-state index in [4.69, 9.17) is 4.98 Å². The molecule has 23 heavy (non-hydrogen) atoms. The molecule has 1 unspecified atom stereocenters. The molecule has 0 spiro atoms. The molecule has 2 heterocycles. The molecule has 0 amide bonds. The van der Waals surface area contributed by atoms with E-state index in [1.165, 1.54) is 19.3 Å². The lowest BCUT2D eigenvalue weighted by molar-refractivity contribution is 0.446. The van der Waals surface area contributed by atoms with Crippen LogP contribution in [0.3, 0.4) is 0 Å². The summed E-state index contributed by atoms with van der Waals surface area (Å²) in [5.74, 6) is 1.63. The van der Waals surface area contributed by atoms with Crippen molar-refractivity contribution in [2.45, 2.75) is 45.6 Å². The van der Waals surface area contributed by atoms with Gasteiger partial charge in [0.25, 0.3) is 5.95 Å². The summed E-state index contributed by atoms with van der Waals surface area (Å²) in [6.07, 6.45) is 6.73. The summed E-state index contributed by atoms with van der Waals surface area (Å²) >= 11 is 0. The molecule has 1 fully saturated rings. The largest absolute Gasteiger partial charge is 0.352 e. The van der Waals surface area contributed by atoms with Crippen molar-refractivity contribution in [2.75, 3.05) is 22.9 Å². The molecule has 1 aromatic carbocycles. The van der Waals surface area contributed by atoms with Crippen molar-refractivity contribution in [2.24, 2.45) is 0 Å². The maximum Gasteiger partial charge on any atom is 0.251 e. The highest BCUT2D eigenvalue weighted by Crippen LogP contribution is 2.27. The molecular weight excluding hydrogens is 286 g/mol. The second-order valence-corrected chi connectivity index (χ2v) is 5.95. The third kappa shape index (κ3) is 3.44. The van der Waals surface area contributed by atoms with Gasteiger partial charge in [0.05, 0.1) is 6.20 Å². The average Bonchev–Trinajstić information content (AvgIpc) is 2.63. The van der Waals surface area contributed by atoms with Crippen LogP contribution in [-0.2, 0) is 0 Å². The Kier molecular flexibility index (Phi) is 5.05. The summed E-state index contributed by atoms with van der Waals surface area (Å²) < 4.78 is 0. The Morgan fingerprint density at radius 2 is 2.00 bits per heavy atom. The van der Waals surface area contributed by atoms with Crippen LogP contribution in [0.5, 0.6) is 0 Å². The van der Waals surface area contributed by atoms with Gasteiger partial charge in [-0.15, -0.1) is 5.10 Å². The number of aromatic nitrogens is 3. The first-order valence-electron chi connectivity index (χ1n) is 8.62. The van der Waals surface area contributed by atoms with Gasteiger partial charge in [0.2, 0.25) is 0 Å². The molecule has 1 aliphatic rings. The van der Waals surface area contributed by atoms with Crippen molar-refractivity contribution >= 4 is 17.5 Å². The first kappa shape index (κ1) is 15.7. The standard InChI is InChI=1S/C18H25N5/c1-3-15-10-8-9-13-23(15)17-14-19-21-18(20-17)22(4-2)16-11-6-5-7-12-16/h5-7,11-12,14-15H,3-4,8-10,13H2,1-2H3. The Morgan fingerprint density at radius 3 is 2.74 bits per heavy atom. The molecule has 1 aromatic heterocycles. The summed E-state index contributed by atoms with van der Waals surface area (Å²) in [5.41, 5.74) is 1.10. The fraction of sp³-hybridized carbons (Fsp3) is 0.500.